The van der Waals surface area contributed by atoms with Gasteiger partial charge >= 0.3 is 0 Å². The SMILES string of the molecule is C=C/C=C\C(=C/C)C(CC(C)(C)C)c1cccc(CO)c1. The van der Waals surface area contributed by atoms with E-state index in [4.69, 9.17) is 0 Å². The molecule has 0 amide bonds. The van der Waals surface area contributed by atoms with Crippen LogP contribution in [0.4, 0.5) is 0 Å². The van der Waals surface area contributed by atoms with Crippen molar-refractivity contribution < 1.29 is 5.11 Å². The highest BCUT2D eigenvalue weighted by Crippen LogP contribution is 2.37. The van der Waals surface area contributed by atoms with Crippen LogP contribution in [-0.4, -0.2) is 5.11 Å². The molecule has 0 bridgehead atoms. The molecule has 1 atom stereocenters. The van der Waals surface area contributed by atoms with Gasteiger partial charge in [0.05, 0.1) is 6.61 Å². The molecule has 0 fully saturated rings. The molecule has 1 unspecified atom stereocenters. The molecule has 0 aliphatic heterocycles. The second-order valence-corrected chi connectivity index (χ2v) is 6.60. The van der Waals surface area contributed by atoms with Gasteiger partial charge in [0.1, 0.15) is 0 Å². The minimum absolute atomic E-state index is 0.0871. The van der Waals surface area contributed by atoms with Crippen molar-refractivity contribution in [1.82, 2.24) is 0 Å². The zero-order valence-electron chi connectivity index (χ0n) is 13.8. The van der Waals surface area contributed by atoms with Crippen LogP contribution in [0.1, 0.15) is 51.2 Å². The third-order valence-electron chi connectivity index (χ3n) is 3.51. The Labute approximate surface area is 129 Å². The minimum atomic E-state index is 0.0871. The highest BCUT2D eigenvalue weighted by atomic mass is 16.3. The summed E-state index contributed by atoms with van der Waals surface area (Å²) in [6, 6.07) is 8.26. The first-order valence-corrected chi connectivity index (χ1v) is 7.56. The number of aliphatic hydroxyl groups excluding tert-OH is 1. The normalized spacial score (nSPS) is 14.4. The number of hydrogen-bond acceptors (Lipinski definition) is 1. The van der Waals surface area contributed by atoms with Crippen molar-refractivity contribution in [3.63, 3.8) is 0 Å². The molecule has 0 radical (unpaired) electrons. The van der Waals surface area contributed by atoms with Crippen LogP contribution in [0.15, 0.2) is 60.7 Å². The molecule has 1 aromatic rings. The Bertz CT molecular complexity index is 515. The van der Waals surface area contributed by atoms with Crippen LogP contribution in [0.5, 0.6) is 0 Å². The van der Waals surface area contributed by atoms with E-state index in [1.54, 1.807) is 0 Å². The van der Waals surface area contributed by atoms with Gasteiger partial charge < -0.3 is 5.11 Å². The zero-order chi connectivity index (χ0) is 15.9. The van der Waals surface area contributed by atoms with Gasteiger partial charge in [-0.25, -0.2) is 0 Å². The molecule has 0 saturated carbocycles. The van der Waals surface area contributed by atoms with E-state index < -0.39 is 0 Å². The molecule has 0 heterocycles. The zero-order valence-corrected chi connectivity index (χ0v) is 13.8. The highest BCUT2D eigenvalue weighted by Gasteiger charge is 2.22. The Morgan fingerprint density at radius 2 is 2.05 bits per heavy atom. The molecule has 0 aliphatic rings. The standard InChI is InChI=1S/C20H28O/c1-6-8-11-17(7-2)19(14-20(3,4)5)18-12-9-10-16(13-18)15-21/h6-13,19,21H,1,14-15H2,2-5H3/b11-8-,17-7+. The second kappa shape index (κ2) is 7.99. The Kier molecular flexibility index (Phi) is 6.64. The molecule has 1 nitrogen and oxygen atoms in total. The van der Waals surface area contributed by atoms with E-state index in [-0.39, 0.29) is 12.0 Å². The quantitative estimate of drug-likeness (QED) is 0.695. The summed E-state index contributed by atoms with van der Waals surface area (Å²) in [5.41, 5.74) is 3.75. The van der Waals surface area contributed by atoms with Crippen LogP contribution >= 0.6 is 0 Å². The number of aliphatic hydroxyl groups is 1. The molecule has 1 N–H and O–H groups in total. The molecule has 1 rings (SSSR count). The molecule has 1 heteroatoms. The van der Waals surface area contributed by atoms with E-state index in [0.29, 0.717) is 5.92 Å². The van der Waals surface area contributed by atoms with Crippen molar-refractivity contribution in [2.45, 2.75) is 46.6 Å². The maximum absolute atomic E-state index is 9.37. The van der Waals surface area contributed by atoms with Crippen LogP contribution in [-0.2, 0) is 6.61 Å². The third-order valence-corrected chi connectivity index (χ3v) is 3.51. The van der Waals surface area contributed by atoms with Gasteiger partial charge in [0.15, 0.2) is 0 Å². The van der Waals surface area contributed by atoms with Crippen molar-refractivity contribution in [3.05, 3.63) is 71.8 Å². The summed E-state index contributed by atoms with van der Waals surface area (Å²) in [6.07, 6.45) is 9.16. The van der Waals surface area contributed by atoms with Gasteiger partial charge in [-0.1, -0.05) is 75.9 Å². The number of allylic oxidation sites excluding steroid dienone is 5. The first-order valence-electron chi connectivity index (χ1n) is 7.56. The summed E-state index contributed by atoms with van der Waals surface area (Å²) in [5.74, 6) is 0.331. The molecule has 1 aromatic carbocycles. The van der Waals surface area contributed by atoms with Crippen molar-refractivity contribution in [1.29, 1.82) is 0 Å². The molecular formula is C20H28O. The fourth-order valence-corrected chi connectivity index (χ4v) is 2.54. The van der Waals surface area contributed by atoms with Crippen molar-refractivity contribution in [3.8, 4) is 0 Å². The maximum Gasteiger partial charge on any atom is 0.0681 e. The Balaban J connectivity index is 3.23. The lowest BCUT2D eigenvalue weighted by molar-refractivity contribution is 0.281. The smallest absolute Gasteiger partial charge is 0.0681 e. The minimum Gasteiger partial charge on any atom is -0.392 e. The topological polar surface area (TPSA) is 20.2 Å². The molecule has 0 aromatic heterocycles. The number of benzene rings is 1. The van der Waals surface area contributed by atoms with Crippen LogP contribution in [0, 0.1) is 5.41 Å². The van der Waals surface area contributed by atoms with Crippen LogP contribution in [0.25, 0.3) is 0 Å². The first kappa shape index (κ1) is 17.5. The van der Waals surface area contributed by atoms with Gasteiger partial charge in [0.25, 0.3) is 0 Å². The van der Waals surface area contributed by atoms with E-state index >= 15 is 0 Å². The van der Waals surface area contributed by atoms with Crippen molar-refractivity contribution in [2.24, 2.45) is 5.41 Å². The monoisotopic (exact) mass is 284 g/mol. The third kappa shape index (κ3) is 5.73. The molecule has 0 spiro atoms. The summed E-state index contributed by atoms with van der Waals surface area (Å²) >= 11 is 0. The molecular weight excluding hydrogens is 256 g/mol. The van der Waals surface area contributed by atoms with Gasteiger partial charge in [-0.3, -0.25) is 0 Å². The van der Waals surface area contributed by atoms with Gasteiger partial charge in [-0.05, 0) is 35.5 Å². The Morgan fingerprint density at radius 3 is 2.57 bits per heavy atom. The van der Waals surface area contributed by atoms with E-state index in [9.17, 15) is 5.11 Å². The predicted octanol–water partition coefficient (Wildman–Crippen LogP) is 5.39. The lowest BCUT2D eigenvalue weighted by atomic mass is 9.77. The Morgan fingerprint density at radius 1 is 1.33 bits per heavy atom. The maximum atomic E-state index is 9.37. The van der Waals surface area contributed by atoms with E-state index in [0.717, 1.165) is 12.0 Å². The van der Waals surface area contributed by atoms with Gasteiger partial charge in [-0.15, -0.1) is 0 Å². The summed E-state index contributed by atoms with van der Waals surface area (Å²) in [5, 5.41) is 9.37. The van der Waals surface area contributed by atoms with Crippen LogP contribution < -0.4 is 0 Å². The molecule has 21 heavy (non-hydrogen) atoms. The lowest BCUT2D eigenvalue weighted by Gasteiger charge is -2.28. The first-order chi connectivity index (χ1) is 9.91. The fourth-order valence-electron chi connectivity index (χ4n) is 2.54. The average Bonchev–Trinajstić information content (AvgIpc) is 2.45. The number of rotatable bonds is 6. The van der Waals surface area contributed by atoms with Crippen molar-refractivity contribution >= 4 is 0 Å². The summed E-state index contributed by atoms with van der Waals surface area (Å²) in [4.78, 5) is 0. The summed E-state index contributed by atoms with van der Waals surface area (Å²) < 4.78 is 0. The predicted molar refractivity (Wildman–Crippen MR) is 92.3 cm³/mol. The highest BCUT2D eigenvalue weighted by molar-refractivity contribution is 5.37. The van der Waals surface area contributed by atoms with E-state index in [2.05, 4.69) is 58.6 Å². The molecule has 0 aliphatic carbocycles. The van der Waals surface area contributed by atoms with E-state index in [1.165, 1.54) is 11.1 Å². The summed E-state index contributed by atoms with van der Waals surface area (Å²) in [7, 11) is 0. The lowest BCUT2D eigenvalue weighted by Crippen LogP contribution is -2.13. The Hall–Kier alpha value is -1.60. The van der Waals surface area contributed by atoms with Crippen LogP contribution in [0.2, 0.25) is 0 Å². The van der Waals surface area contributed by atoms with E-state index in [1.807, 2.05) is 24.3 Å². The van der Waals surface area contributed by atoms with Crippen LogP contribution in [0.3, 0.4) is 0 Å². The van der Waals surface area contributed by atoms with Crippen molar-refractivity contribution in [2.75, 3.05) is 0 Å². The summed E-state index contributed by atoms with van der Waals surface area (Å²) in [6.45, 7) is 12.7. The second-order valence-electron chi connectivity index (χ2n) is 6.60. The van der Waals surface area contributed by atoms with Gasteiger partial charge in [0.2, 0.25) is 0 Å². The fraction of sp³-hybridized carbons (Fsp3) is 0.400. The molecule has 0 saturated heterocycles. The average molecular weight is 284 g/mol. The number of hydrogen-bond donors (Lipinski definition) is 1. The van der Waals surface area contributed by atoms with Gasteiger partial charge in [-0.2, -0.15) is 0 Å². The molecule has 114 valence electrons. The van der Waals surface area contributed by atoms with Gasteiger partial charge in [0, 0.05) is 5.92 Å². The largest absolute Gasteiger partial charge is 0.392 e.